The first kappa shape index (κ1) is 26.7. The van der Waals surface area contributed by atoms with E-state index in [0.717, 1.165) is 16.5 Å². The van der Waals surface area contributed by atoms with Crippen molar-refractivity contribution in [2.24, 2.45) is 0 Å². The molecule has 35 heavy (non-hydrogen) atoms. The highest BCUT2D eigenvalue weighted by Gasteiger charge is 2.16. The van der Waals surface area contributed by atoms with Crippen molar-refractivity contribution in [1.82, 2.24) is 5.32 Å². The maximum absolute atomic E-state index is 13.0. The molecule has 3 aromatic rings. The lowest BCUT2D eigenvalue weighted by molar-refractivity contribution is -0.116. The summed E-state index contributed by atoms with van der Waals surface area (Å²) in [6.45, 7) is 2.35. The summed E-state index contributed by atoms with van der Waals surface area (Å²) in [5, 5.41) is 8.84. The smallest absolute Gasteiger partial charge is 0.261 e. The molecule has 0 aliphatic rings. The first-order chi connectivity index (χ1) is 16.9. The molecule has 2 amide bonds. The number of hydrogen-bond donors (Lipinski definition) is 3. The van der Waals surface area contributed by atoms with Gasteiger partial charge in [-0.25, -0.2) is 0 Å². The molecular weight excluding hydrogens is 550 g/mol. The van der Waals surface area contributed by atoms with E-state index in [1.54, 1.807) is 30.3 Å². The zero-order valence-electron chi connectivity index (χ0n) is 19.1. The fraction of sp³-hybridized carbons (Fsp3) is 0.192. The molecule has 0 aliphatic heterocycles. The molecule has 0 heterocycles. The maximum Gasteiger partial charge on any atom is 0.261 e. The van der Waals surface area contributed by atoms with Crippen molar-refractivity contribution >= 4 is 68.1 Å². The number of halogens is 2. The topological polar surface area (TPSA) is 79.5 Å². The number of carbonyl (C=O) groups excluding carboxylic acids is 2. The molecular formula is C26H25BrClN3O3S. The van der Waals surface area contributed by atoms with Crippen LogP contribution in [0.5, 0.6) is 5.75 Å². The van der Waals surface area contributed by atoms with E-state index in [0.29, 0.717) is 47.2 Å². The summed E-state index contributed by atoms with van der Waals surface area (Å²) in [6.07, 6.45) is 1.87. The molecule has 6 nitrogen and oxygen atoms in total. The minimum Gasteiger partial charge on any atom is -0.492 e. The molecule has 0 bridgehead atoms. The number of ether oxygens (including phenoxy) is 1. The summed E-state index contributed by atoms with van der Waals surface area (Å²) in [5.74, 6) is -0.0729. The van der Waals surface area contributed by atoms with Crippen LogP contribution in [-0.4, -0.2) is 23.5 Å². The molecule has 0 spiro atoms. The van der Waals surface area contributed by atoms with Crippen molar-refractivity contribution in [1.29, 1.82) is 0 Å². The predicted molar refractivity (Wildman–Crippen MR) is 148 cm³/mol. The Morgan fingerprint density at radius 3 is 2.54 bits per heavy atom. The van der Waals surface area contributed by atoms with Gasteiger partial charge in [-0.3, -0.25) is 14.9 Å². The van der Waals surface area contributed by atoms with Crippen LogP contribution >= 0.6 is 39.7 Å². The third-order valence-corrected chi connectivity index (χ3v) is 5.91. The molecule has 0 aromatic heterocycles. The highest BCUT2D eigenvalue weighted by molar-refractivity contribution is 9.10. The minimum absolute atomic E-state index is 0.0594. The van der Waals surface area contributed by atoms with Gasteiger partial charge in [-0.2, -0.15) is 0 Å². The fourth-order valence-electron chi connectivity index (χ4n) is 3.20. The first-order valence-electron chi connectivity index (χ1n) is 11.0. The van der Waals surface area contributed by atoms with Gasteiger partial charge in [0.05, 0.1) is 22.9 Å². The number of nitrogens with one attached hydrogen (secondary N) is 3. The number of amides is 2. The number of thiocarbonyl (C=S) groups is 1. The van der Waals surface area contributed by atoms with E-state index in [9.17, 15) is 9.59 Å². The number of hydrogen-bond acceptors (Lipinski definition) is 4. The van der Waals surface area contributed by atoms with Crippen LogP contribution in [0.3, 0.4) is 0 Å². The lowest BCUT2D eigenvalue weighted by Crippen LogP contribution is -2.34. The molecule has 0 aliphatic carbocycles. The largest absolute Gasteiger partial charge is 0.492 e. The highest BCUT2D eigenvalue weighted by Crippen LogP contribution is 2.26. The van der Waals surface area contributed by atoms with E-state index >= 15 is 0 Å². The Hall–Kier alpha value is -2.94. The average molecular weight is 575 g/mol. The van der Waals surface area contributed by atoms with Gasteiger partial charge in [0.2, 0.25) is 5.91 Å². The zero-order valence-corrected chi connectivity index (χ0v) is 22.2. The van der Waals surface area contributed by atoms with Crippen molar-refractivity contribution in [3.8, 4) is 5.75 Å². The van der Waals surface area contributed by atoms with E-state index < -0.39 is 5.91 Å². The van der Waals surface area contributed by atoms with Gasteiger partial charge in [0, 0.05) is 23.0 Å². The molecule has 182 valence electrons. The predicted octanol–water partition coefficient (Wildman–Crippen LogP) is 6.59. The van der Waals surface area contributed by atoms with Crippen LogP contribution in [0.4, 0.5) is 11.4 Å². The van der Waals surface area contributed by atoms with Crippen LogP contribution in [0.2, 0.25) is 5.02 Å². The molecule has 3 N–H and O–H groups in total. The summed E-state index contributed by atoms with van der Waals surface area (Å²) in [7, 11) is 0. The Morgan fingerprint density at radius 1 is 1.03 bits per heavy atom. The third kappa shape index (κ3) is 8.35. The van der Waals surface area contributed by atoms with E-state index in [4.69, 9.17) is 28.6 Å². The van der Waals surface area contributed by atoms with Crippen LogP contribution < -0.4 is 20.7 Å². The molecule has 3 aromatic carbocycles. The van der Waals surface area contributed by atoms with Gasteiger partial charge in [-0.15, -0.1) is 0 Å². The molecule has 0 unspecified atom stereocenters. The second kappa shape index (κ2) is 13.2. The zero-order chi connectivity index (χ0) is 25.2. The third-order valence-electron chi connectivity index (χ3n) is 4.88. The van der Waals surface area contributed by atoms with Gasteiger partial charge < -0.3 is 15.4 Å². The molecule has 3 rings (SSSR count). The molecule has 0 atom stereocenters. The molecule has 0 saturated carbocycles. The fourth-order valence-corrected chi connectivity index (χ4v) is 3.93. The monoisotopic (exact) mass is 573 g/mol. The highest BCUT2D eigenvalue weighted by atomic mass is 79.9. The van der Waals surface area contributed by atoms with Gasteiger partial charge in [-0.1, -0.05) is 64.8 Å². The SMILES string of the molecule is CCCC(=O)Nc1ccc(Cl)c(NC(=S)NC(=O)c2cc(Br)ccc2OCCc2ccccc2)c1. The van der Waals surface area contributed by atoms with Crippen LogP contribution in [0.1, 0.15) is 35.7 Å². The van der Waals surface area contributed by atoms with Gasteiger partial charge in [0.15, 0.2) is 5.11 Å². The summed E-state index contributed by atoms with van der Waals surface area (Å²) >= 11 is 15.0. The van der Waals surface area contributed by atoms with Crippen LogP contribution in [-0.2, 0) is 11.2 Å². The Labute approximate surface area is 223 Å². The normalized spacial score (nSPS) is 10.4. The Morgan fingerprint density at radius 2 is 1.80 bits per heavy atom. The molecule has 9 heteroatoms. The van der Waals surface area contributed by atoms with Gasteiger partial charge >= 0.3 is 0 Å². The first-order valence-corrected chi connectivity index (χ1v) is 12.6. The van der Waals surface area contributed by atoms with Crippen molar-refractivity contribution in [3.63, 3.8) is 0 Å². The second-order valence-corrected chi connectivity index (χ2v) is 9.36. The van der Waals surface area contributed by atoms with E-state index in [-0.39, 0.29) is 11.0 Å². The second-order valence-electron chi connectivity index (χ2n) is 7.63. The maximum atomic E-state index is 13.0. The quantitative estimate of drug-likeness (QED) is 0.251. The molecule has 0 fully saturated rings. The Bertz CT molecular complexity index is 1210. The molecule has 0 radical (unpaired) electrons. The van der Waals surface area contributed by atoms with E-state index in [2.05, 4.69) is 31.9 Å². The van der Waals surface area contributed by atoms with Crippen LogP contribution in [0, 0.1) is 0 Å². The van der Waals surface area contributed by atoms with Crippen molar-refractivity contribution in [3.05, 3.63) is 87.4 Å². The number of benzene rings is 3. The minimum atomic E-state index is -0.429. The lowest BCUT2D eigenvalue weighted by Gasteiger charge is -2.15. The summed E-state index contributed by atoms with van der Waals surface area (Å²) < 4.78 is 6.63. The van der Waals surface area contributed by atoms with Crippen molar-refractivity contribution in [2.75, 3.05) is 17.2 Å². The summed E-state index contributed by atoms with van der Waals surface area (Å²) in [5.41, 5.74) is 2.51. The van der Waals surface area contributed by atoms with Crippen molar-refractivity contribution < 1.29 is 14.3 Å². The number of rotatable bonds is 9. The lowest BCUT2D eigenvalue weighted by atomic mass is 10.1. The Balaban J connectivity index is 1.64. The average Bonchev–Trinajstić information content (AvgIpc) is 2.83. The summed E-state index contributed by atoms with van der Waals surface area (Å²) in [6, 6.07) is 20.2. The number of anilines is 2. The van der Waals surface area contributed by atoms with Gasteiger partial charge in [0.1, 0.15) is 5.75 Å². The molecule has 0 saturated heterocycles. The van der Waals surface area contributed by atoms with Crippen molar-refractivity contribution in [2.45, 2.75) is 26.2 Å². The standard InChI is InChI=1S/C26H25BrClN3O3S/c1-2-6-24(32)29-19-10-11-21(28)22(16-19)30-26(35)31-25(33)20-15-18(27)9-12-23(20)34-14-13-17-7-4-3-5-8-17/h3-5,7-12,15-16H,2,6,13-14H2,1H3,(H,29,32)(H2,30,31,33,35). The van der Waals surface area contributed by atoms with Gasteiger partial charge in [-0.05, 0) is 60.6 Å². The van der Waals surface area contributed by atoms with E-state index in [1.165, 1.54) is 0 Å². The Kier molecular flexibility index (Phi) is 10.1. The summed E-state index contributed by atoms with van der Waals surface area (Å²) in [4.78, 5) is 24.9. The van der Waals surface area contributed by atoms with E-state index in [1.807, 2.05) is 43.3 Å². The van der Waals surface area contributed by atoms with Crippen LogP contribution in [0.15, 0.2) is 71.2 Å². The van der Waals surface area contributed by atoms with Gasteiger partial charge in [0.25, 0.3) is 5.91 Å². The van der Waals surface area contributed by atoms with Crippen LogP contribution in [0.25, 0.3) is 0 Å². The number of carbonyl (C=O) groups is 2.